The second-order valence-corrected chi connectivity index (χ2v) is 8.25. The van der Waals surface area contributed by atoms with Gasteiger partial charge in [-0.15, -0.1) is 11.8 Å². The molecule has 142 valence electrons. The van der Waals surface area contributed by atoms with Crippen LogP contribution in [-0.4, -0.2) is 15.7 Å². The predicted molar refractivity (Wildman–Crippen MR) is 121 cm³/mol. The summed E-state index contributed by atoms with van der Waals surface area (Å²) in [5.74, 6) is 0.873. The molecule has 3 nitrogen and oxygen atoms in total. The van der Waals surface area contributed by atoms with Crippen molar-refractivity contribution in [2.45, 2.75) is 31.4 Å². The number of nitrogens with one attached hydrogen (secondary N) is 1. The molecule has 0 bridgehead atoms. The van der Waals surface area contributed by atoms with Crippen LogP contribution in [0.15, 0.2) is 72.8 Å². The first-order valence-corrected chi connectivity index (χ1v) is 10.7. The average Bonchev–Trinajstić information content (AvgIpc) is 3.05. The first-order valence-electron chi connectivity index (χ1n) is 9.64. The van der Waals surface area contributed by atoms with E-state index in [0.29, 0.717) is 0 Å². The zero-order valence-electron chi connectivity index (χ0n) is 16.2. The van der Waals surface area contributed by atoms with Crippen molar-refractivity contribution < 1.29 is 4.79 Å². The number of thioether (sulfide) groups is 1. The highest BCUT2D eigenvalue weighted by Crippen LogP contribution is 2.31. The molecule has 3 aromatic carbocycles. The molecular formula is C24H24N2OS. The lowest BCUT2D eigenvalue weighted by Gasteiger charge is -2.12. The minimum absolute atomic E-state index is 0.0412. The maximum absolute atomic E-state index is 12.7. The molecule has 1 unspecified atom stereocenters. The Labute approximate surface area is 169 Å². The summed E-state index contributed by atoms with van der Waals surface area (Å²) in [6.45, 7) is 5.04. The van der Waals surface area contributed by atoms with Crippen LogP contribution in [0, 0.1) is 0 Å². The van der Waals surface area contributed by atoms with Gasteiger partial charge < -0.3 is 9.88 Å². The molecule has 28 heavy (non-hydrogen) atoms. The van der Waals surface area contributed by atoms with E-state index in [4.69, 9.17) is 0 Å². The van der Waals surface area contributed by atoms with Gasteiger partial charge in [0.05, 0.1) is 5.25 Å². The molecule has 0 fully saturated rings. The van der Waals surface area contributed by atoms with Gasteiger partial charge in [-0.05, 0) is 43.7 Å². The van der Waals surface area contributed by atoms with Crippen LogP contribution in [0.3, 0.4) is 0 Å². The minimum Gasteiger partial charge on any atom is -0.341 e. The number of rotatable bonds is 6. The smallest absolute Gasteiger partial charge is 0.237 e. The van der Waals surface area contributed by atoms with E-state index in [1.165, 1.54) is 27.4 Å². The highest BCUT2D eigenvalue weighted by Gasteiger charge is 2.15. The van der Waals surface area contributed by atoms with Gasteiger partial charge in [0.15, 0.2) is 0 Å². The fourth-order valence-corrected chi connectivity index (χ4v) is 4.43. The van der Waals surface area contributed by atoms with Crippen molar-refractivity contribution in [1.82, 2.24) is 4.57 Å². The fraction of sp³-hybridized carbons (Fsp3) is 0.208. The summed E-state index contributed by atoms with van der Waals surface area (Å²) in [5.41, 5.74) is 4.52. The monoisotopic (exact) mass is 388 g/mol. The van der Waals surface area contributed by atoms with Crippen LogP contribution >= 0.6 is 11.8 Å². The molecule has 0 saturated heterocycles. The van der Waals surface area contributed by atoms with E-state index in [0.717, 1.165) is 18.0 Å². The number of carbonyl (C=O) groups is 1. The molecule has 0 radical (unpaired) electrons. The second-order valence-electron chi connectivity index (χ2n) is 6.92. The summed E-state index contributed by atoms with van der Waals surface area (Å²) < 4.78 is 2.31. The van der Waals surface area contributed by atoms with Crippen LogP contribution in [0.4, 0.5) is 5.69 Å². The summed E-state index contributed by atoms with van der Waals surface area (Å²) in [6.07, 6.45) is 0. The van der Waals surface area contributed by atoms with Gasteiger partial charge in [0.2, 0.25) is 5.91 Å². The summed E-state index contributed by atoms with van der Waals surface area (Å²) in [7, 11) is 0. The Hall–Kier alpha value is -2.72. The molecule has 1 aromatic heterocycles. The third-order valence-corrected chi connectivity index (χ3v) is 6.28. The molecule has 4 heteroatoms. The van der Waals surface area contributed by atoms with E-state index >= 15 is 0 Å². The number of anilines is 1. The molecule has 0 saturated carbocycles. The van der Waals surface area contributed by atoms with Gasteiger partial charge in [-0.2, -0.15) is 0 Å². The van der Waals surface area contributed by atoms with Crippen LogP contribution in [-0.2, 0) is 17.1 Å². The highest BCUT2D eigenvalue weighted by molar-refractivity contribution is 7.99. The molecule has 0 aliphatic heterocycles. The standard InChI is InChI=1S/C24H24N2OS/c1-3-26-22-12-8-7-11-20(22)21-15-19(13-14-23(21)26)25-24(27)17(2)28-16-18-9-5-4-6-10-18/h4-15,17H,3,16H2,1-2H3,(H,25,27). The van der Waals surface area contributed by atoms with E-state index in [-0.39, 0.29) is 11.2 Å². The molecule has 0 spiro atoms. The van der Waals surface area contributed by atoms with Crippen molar-refractivity contribution in [1.29, 1.82) is 0 Å². The van der Waals surface area contributed by atoms with E-state index in [9.17, 15) is 4.79 Å². The SMILES string of the molecule is CCn1c2ccccc2c2cc(NC(=O)C(C)SCc3ccccc3)ccc21. The minimum atomic E-state index is -0.118. The quantitative estimate of drug-likeness (QED) is 0.435. The highest BCUT2D eigenvalue weighted by atomic mass is 32.2. The van der Waals surface area contributed by atoms with Gasteiger partial charge in [-0.1, -0.05) is 48.5 Å². The number of amides is 1. The predicted octanol–water partition coefficient (Wildman–Crippen LogP) is 6.07. The lowest BCUT2D eigenvalue weighted by atomic mass is 10.1. The number of nitrogens with zero attached hydrogens (tertiary/aromatic N) is 1. The Bertz CT molecular complexity index is 1120. The lowest BCUT2D eigenvalue weighted by molar-refractivity contribution is -0.115. The van der Waals surface area contributed by atoms with Crippen molar-refractivity contribution in [3.63, 3.8) is 0 Å². The molecule has 0 aliphatic rings. The topological polar surface area (TPSA) is 34.0 Å². The number of benzene rings is 3. The molecular weight excluding hydrogens is 364 g/mol. The van der Waals surface area contributed by atoms with Crippen LogP contribution in [0.5, 0.6) is 0 Å². The number of para-hydroxylation sites is 1. The molecule has 1 N–H and O–H groups in total. The zero-order chi connectivity index (χ0) is 19.5. The number of fused-ring (bicyclic) bond motifs is 3. The molecule has 1 amide bonds. The number of aromatic nitrogens is 1. The Morgan fingerprint density at radius 1 is 0.964 bits per heavy atom. The van der Waals surface area contributed by atoms with Crippen molar-refractivity contribution in [2.75, 3.05) is 5.32 Å². The normalized spacial score (nSPS) is 12.4. The number of carbonyl (C=O) groups excluding carboxylic acids is 1. The molecule has 4 aromatic rings. The Balaban J connectivity index is 1.53. The first kappa shape index (κ1) is 18.6. The second kappa shape index (κ2) is 8.11. The molecule has 4 rings (SSSR count). The van der Waals surface area contributed by atoms with Gasteiger partial charge in [-0.3, -0.25) is 4.79 Å². The average molecular weight is 389 g/mol. The fourth-order valence-electron chi connectivity index (χ4n) is 3.59. The van der Waals surface area contributed by atoms with Crippen molar-refractivity contribution in [3.05, 3.63) is 78.4 Å². The van der Waals surface area contributed by atoms with Crippen LogP contribution in [0.1, 0.15) is 19.4 Å². The Kier molecular flexibility index (Phi) is 5.40. The third-order valence-electron chi connectivity index (χ3n) is 5.07. The summed E-state index contributed by atoms with van der Waals surface area (Å²) in [5, 5.41) is 5.38. The summed E-state index contributed by atoms with van der Waals surface area (Å²) in [4.78, 5) is 12.7. The molecule has 1 heterocycles. The van der Waals surface area contributed by atoms with Gasteiger partial charge in [-0.25, -0.2) is 0 Å². The summed E-state index contributed by atoms with van der Waals surface area (Å²) >= 11 is 1.65. The van der Waals surface area contributed by atoms with Gasteiger partial charge in [0, 0.05) is 39.8 Å². The first-order chi connectivity index (χ1) is 13.7. The van der Waals surface area contributed by atoms with Crippen LogP contribution in [0.2, 0.25) is 0 Å². The molecule has 1 atom stereocenters. The Morgan fingerprint density at radius 2 is 1.68 bits per heavy atom. The maximum Gasteiger partial charge on any atom is 0.237 e. The van der Waals surface area contributed by atoms with E-state index in [2.05, 4.69) is 65.3 Å². The number of aryl methyl sites for hydroxylation is 1. The van der Waals surface area contributed by atoms with Gasteiger partial charge in [0.1, 0.15) is 0 Å². The van der Waals surface area contributed by atoms with Crippen molar-refractivity contribution in [3.8, 4) is 0 Å². The van der Waals surface area contributed by atoms with Crippen LogP contribution in [0.25, 0.3) is 21.8 Å². The van der Waals surface area contributed by atoms with Crippen molar-refractivity contribution >= 4 is 45.2 Å². The van der Waals surface area contributed by atoms with Gasteiger partial charge >= 0.3 is 0 Å². The maximum atomic E-state index is 12.7. The van der Waals surface area contributed by atoms with Crippen LogP contribution < -0.4 is 5.32 Å². The zero-order valence-corrected chi connectivity index (χ0v) is 17.0. The summed E-state index contributed by atoms with van der Waals surface area (Å²) in [6, 6.07) is 24.9. The molecule has 0 aliphatic carbocycles. The van der Waals surface area contributed by atoms with Gasteiger partial charge in [0.25, 0.3) is 0 Å². The third kappa shape index (κ3) is 3.65. The van der Waals surface area contributed by atoms with E-state index < -0.39 is 0 Å². The van der Waals surface area contributed by atoms with Crippen molar-refractivity contribution in [2.24, 2.45) is 0 Å². The number of hydrogen-bond acceptors (Lipinski definition) is 2. The largest absolute Gasteiger partial charge is 0.341 e. The van der Waals surface area contributed by atoms with E-state index in [1.54, 1.807) is 11.8 Å². The number of hydrogen-bond donors (Lipinski definition) is 1. The Morgan fingerprint density at radius 3 is 2.46 bits per heavy atom. The lowest BCUT2D eigenvalue weighted by Crippen LogP contribution is -2.22. The van der Waals surface area contributed by atoms with E-state index in [1.807, 2.05) is 31.2 Å².